The molecule has 1 heterocycles. The fourth-order valence-electron chi connectivity index (χ4n) is 2.09. The number of hydrogen-bond donors (Lipinski definition) is 0. The molecule has 0 aliphatic rings. The maximum Gasteiger partial charge on any atom is 0.471 e. The molecule has 0 atom stereocenters. The predicted octanol–water partition coefficient (Wildman–Crippen LogP) is 3.53. The van der Waals surface area contributed by atoms with E-state index in [9.17, 15) is 21.6 Å². The van der Waals surface area contributed by atoms with Gasteiger partial charge in [-0.3, -0.25) is 0 Å². The molecule has 3 rings (SSSR count). The van der Waals surface area contributed by atoms with Crippen LogP contribution in [0.5, 0.6) is 0 Å². The molecule has 0 bridgehead atoms. The van der Waals surface area contributed by atoms with Crippen molar-refractivity contribution in [2.24, 2.45) is 0 Å². The quantitative estimate of drug-likeness (QED) is 0.705. The molecule has 1 radical (unpaired) electrons. The Balaban J connectivity index is 1.92. The van der Waals surface area contributed by atoms with Crippen LogP contribution < -0.4 is 0 Å². The van der Waals surface area contributed by atoms with Crippen LogP contribution in [0.1, 0.15) is 11.5 Å². The van der Waals surface area contributed by atoms with Crippen molar-refractivity contribution in [1.29, 1.82) is 0 Å². The number of halogens is 3. The van der Waals surface area contributed by atoms with Crippen LogP contribution in [0, 0.1) is 6.07 Å². The van der Waals surface area contributed by atoms with Crippen LogP contribution in [-0.4, -0.2) is 18.6 Å². The number of alkyl halides is 3. The molecule has 0 unspecified atom stereocenters. The summed E-state index contributed by atoms with van der Waals surface area (Å²) < 4.78 is 66.7. The number of aromatic nitrogens is 2. The molecule has 0 fully saturated rings. The van der Waals surface area contributed by atoms with E-state index in [2.05, 4.69) is 20.7 Å². The van der Waals surface area contributed by atoms with Crippen molar-refractivity contribution in [3.8, 4) is 11.4 Å². The molecule has 0 saturated heterocycles. The van der Waals surface area contributed by atoms with Crippen LogP contribution in [0.15, 0.2) is 57.9 Å². The summed E-state index contributed by atoms with van der Waals surface area (Å²) in [6.07, 6.45) is -4.77. The van der Waals surface area contributed by atoms with Crippen LogP contribution in [0.3, 0.4) is 0 Å². The lowest BCUT2D eigenvalue weighted by Crippen LogP contribution is -2.06. The number of benzene rings is 2. The molecule has 2 aromatic carbocycles. The van der Waals surface area contributed by atoms with Gasteiger partial charge in [0.1, 0.15) is 0 Å². The molecular formula is C16H10F3N2O3S. The Kier molecular flexibility index (Phi) is 4.34. The second-order valence-corrected chi connectivity index (χ2v) is 7.07. The Labute approximate surface area is 141 Å². The summed E-state index contributed by atoms with van der Waals surface area (Å²) in [7, 11) is -3.73. The van der Waals surface area contributed by atoms with Gasteiger partial charge >= 0.3 is 12.1 Å². The van der Waals surface area contributed by atoms with E-state index in [1.54, 1.807) is 30.3 Å². The van der Waals surface area contributed by atoms with Crippen LogP contribution in [0.4, 0.5) is 13.2 Å². The lowest BCUT2D eigenvalue weighted by molar-refractivity contribution is -0.159. The Morgan fingerprint density at radius 1 is 1.12 bits per heavy atom. The van der Waals surface area contributed by atoms with Crippen LogP contribution >= 0.6 is 0 Å². The van der Waals surface area contributed by atoms with Gasteiger partial charge in [0, 0.05) is 11.6 Å². The van der Waals surface area contributed by atoms with Gasteiger partial charge in [-0.2, -0.15) is 18.2 Å². The smallest absolute Gasteiger partial charge is 0.329 e. The lowest BCUT2D eigenvalue weighted by atomic mass is 10.2. The molecule has 0 aliphatic heterocycles. The maximum atomic E-state index is 12.5. The van der Waals surface area contributed by atoms with Crippen molar-refractivity contribution in [3.63, 3.8) is 0 Å². The summed E-state index contributed by atoms with van der Waals surface area (Å²) in [5.41, 5.74) is 0.671. The topological polar surface area (TPSA) is 73.1 Å². The molecule has 0 saturated carbocycles. The van der Waals surface area contributed by atoms with Crippen molar-refractivity contribution >= 4 is 9.84 Å². The van der Waals surface area contributed by atoms with Gasteiger partial charge in [-0.25, -0.2) is 8.42 Å². The van der Waals surface area contributed by atoms with E-state index >= 15 is 0 Å². The molecule has 0 spiro atoms. The van der Waals surface area contributed by atoms with Gasteiger partial charge in [-0.15, -0.1) is 0 Å². The van der Waals surface area contributed by atoms with E-state index in [1.165, 1.54) is 18.2 Å². The molecule has 5 nitrogen and oxygen atoms in total. The van der Waals surface area contributed by atoms with Crippen molar-refractivity contribution in [2.75, 3.05) is 0 Å². The summed E-state index contributed by atoms with van der Waals surface area (Å²) in [6, 6.07) is 14.9. The first-order chi connectivity index (χ1) is 11.8. The van der Waals surface area contributed by atoms with E-state index in [-0.39, 0.29) is 22.0 Å². The molecule has 1 aromatic heterocycles. The van der Waals surface area contributed by atoms with Crippen LogP contribution in [0.25, 0.3) is 11.4 Å². The van der Waals surface area contributed by atoms with Gasteiger partial charge in [0.2, 0.25) is 5.82 Å². The highest BCUT2D eigenvalue weighted by atomic mass is 32.2. The van der Waals surface area contributed by atoms with E-state index in [0.717, 1.165) is 0 Å². The summed E-state index contributed by atoms with van der Waals surface area (Å²) in [4.78, 5) is 3.09. The van der Waals surface area contributed by atoms with E-state index in [0.29, 0.717) is 5.56 Å². The lowest BCUT2D eigenvalue weighted by Gasteiger charge is -2.05. The van der Waals surface area contributed by atoms with Gasteiger partial charge < -0.3 is 4.52 Å². The minimum Gasteiger partial charge on any atom is -0.329 e. The Hall–Kier alpha value is -2.68. The normalized spacial score (nSPS) is 12.3. The first-order valence-corrected chi connectivity index (χ1v) is 8.61. The Morgan fingerprint density at radius 3 is 2.48 bits per heavy atom. The second kappa shape index (κ2) is 6.32. The Morgan fingerprint density at radius 2 is 1.84 bits per heavy atom. The first kappa shape index (κ1) is 17.2. The maximum absolute atomic E-state index is 12.5. The minimum atomic E-state index is -4.77. The van der Waals surface area contributed by atoms with Gasteiger partial charge in [0.25, 0.3) is 0 Å². The van der Waals surface area contributed by atoms with Crippen molar-refractivity contribution in [3.05, 3.63) is 66.1 Å². The highest BCUT2D eigenvalue weighted by Crippen LogP contribution is 2.30. The summed E-state index contributed by atoms with van der Waals surface area (Å²) >= 11 is 0. The van der Waals surface area contributed by atoms with Gasteiger partial charge in [-0.05, 0) is 11.6 Å². The fourth-order valence-corrected chi connectivity index (χ4v) is 3.43. The number of nitrogens with zero attached hydrogens (tertiary/aromatic N) is 2. The van der Waals surface area contributed by atoms with Crippen LogP contribution in [0.2, 0.25) is 0 Å². The van der Waals surface area contributed by atoms with Gasteiger partial charge in [0.05, 0.1) is 10.6 Å². The molecule has 0 N–H and O–H groups in total. The molecule has 9 heteroatoms. The molecule has 3 aromatic rings. The van der Waals surface area contributed by atoms with E-state index in [1.807, 2.05) is 0 Å². The summed E-state index contributed by atoms with van der Waals surface area (Å²) in [5.74, 6) is -2.10. The molecular weight excluding hydrogens is 357 g/mol. The van der Waals surface area contributed by atoms with E-state index < -0.39 is 21.9 Å². The zero-order valence-electron chi connectivity index (χ0n) is 12.5. The average molecular weight is 367 g/mol. The SMILES string of the molecule is O=S(=O)(Cc1ccccc1)c1[c]ccc(-c2noc(C(F)(F)F)n2)c1. The van der Waals surface area contributed by atoms with Crippen molar-refractivity contribution in [2.45, 2.75) is 16.8 Å². The summed E-state index contributed by atoms with van der Waals surface area (Å²) in [5, 5.41) is 3.25. The minimum absolute atomic E-state index is 0.0876. The zero-order valence-corrected chi connectivity index (χ0v) is 13.3. The van der Waals surface area contributed by atoms with Crippen LogP contribution in [-0.2, 0) is 21.8 Å². The monoisotopic (exact) mass is 367 g/mol. The molecule has 0 aliphatic carbocycles. The van der Waals surface area contributed by atoms with E-state index in [4.69, 9.17) is 0 Å². The largest absolute Gasteiger partial charge is 0.471 e. The third kappa shape index (κ3) is 3.87. The predicted molar refractivity (Wildman–Crippen MR) is 80.9 cm³/mol. The molecule has 129 valence electrons. The molecule has 25 heavy (non-hydrogen) atoms. The highest BCUT2D eigenvalue weighted by Gasteiger charge is 2.38. The van der Waals surface area contributed by atoms with Crippen molar-refractivity contribution < 1.29 is 26.1 Å². The second-order valence-electron chi connectivity index (χ2n) is 5.11. The van der Waals surface area contributed by atoms with Gasteiger partial charge in [-0.1, -0.05) is 47.6 Å². The Bertz CT molecular complexity index is 983. The van der Waals surface area contributed by atoms with Crippen molar-refractivity contribution in [1.82, 2.24) is 10.1 Å². The fraction of sp³-hybridized carbons (Fsp3) is 0.125. The number of sulfone groups is 1. The highest BCUT2D eigenvalue weighted by molar-refractivity contribution is 7.90. The van der Waals surface area contributed by atoms with Gasteiger partial charge in [0.15, 0.2) is 9.84 Å². The number of hydrogen-bond acceptors (Lipinski definition) is 5. The zero-order chi connectivity index (χ0) is 18.1. The summed E-state index contributed by atoms with van der Waals surface area (Å²) in [6.45, 7) is 0. The third-order valence-electron chi connectivity index (χ3n) is 3.24. The first-order valence-electron chi connectivity index (χ1n) is 6.95. The third-order valence-corrected chi connectivity index (χ3v) is 4.86. The molecule has 0 amide bonds. The number of rotatable bonds is 4. The average Bonchev–Trinajstić information content (AvgIpc) is 3.06. The standard InChI is InChI=1S/C16H10F3N2O3S/c17-16(18,19)15-20-14(21-24-15)12-7-4-8-13(9-12)25(22,23)10-11-5-2-1-3-6-11/h1-7,9H,10H2.